The number of aromatic nitrogens is 2. The lowest BCUT2D eigenvalue weighted by atomic mass is 10.1. The summed E-state index contributed by atoms with van der Waals surface area (Å²) in [7, 11) is 0. The van der Waals surface area contributed by atoms with Crippen molar-refractivity contribution in [1.29, 1.82) is 0 Å². The Labute approximate surface area is 108 Å². The van der Waals surface area contributed by atoms with Gasteiger partial charge in [0.1, 0.15) is 5.82 Å². The zero-order valence-electron chi connectivity index (χ0n) is 10.8. The standard InChI is InChI=1S/C13H21N5/c14-11-4-9-18(10-5-11)13-15-6-3-12(16-13)17-7-1-2-8-17/h3,6,11H,1-2,4-5,7-10,14H2. The second-order valence-corrected chi connectivity index (χ2v) is 5.23. The van der Waals surface area contributed by atoms with Crippen LogP contribution < -0.4 is 15.5 Å². The Balaban J connectivity index is 1.74. The molecular formula is C13H21N5. The quantitative estimate of drug-likeness (QED) is 0.845. The van der Waals surface area contributed by atoms with E-state index in [0.29, 0.717) is 6.04 Å². The molecule has 2 aliphatic heterocycles. The van der Waals surface area contributed by atoms with Crippen molar-refractivity contribution in [3.63, 3.8) is 0 Å². The first-order valence-electron chi connectivity index (χ1n) is 6.91. The first-order valence-corrected chi connectivity index (χ1v) is 6.91. The third kappa shape index (κ3) is 2.41. The van der Waals surface area contributed by atoms with Gasteiger partial charge in [0.05, 0.1) is 0 Å². The zero-order chi connectivity index (χ0) is 12.4. The van der Waals surface area contributed by atoms with Crippen LogP contribution in [0.5, 0.6) is 0 Å². The van der Waals surface area contributed by atoms with Crippen LogP contribution in [0, 0.1) is 0 Å². The number of hydrogen-bond donors (Lipinski definition) is 1. The minimum atomic E-state index is 0.350. The Morgan fingerprint density at radius 2 is 1.78 bits per heavy atom. The van der Waals surface area contributed by atoms with Crippen molar-refractivity contribution in [2.45, 2.75) is 31.7 Å². The van der Waals surface area contributed by atoms with Crippen LogP contribution in [0.4, 0.5) is 11.8 Å². The average Bonchev–Trinajstić information content (AvgIpc) is 2.94. The first-order chi connectivity index (χ1) is 8.83. The van der Waals surface area contributed by atoms with Crippen LogP contribution in [0.2, 0.25) is 0 Å². The third-order valence-electron chi connectivity index (χ3n) is 3.88. The van der Waals surface area contributed by atoms with Gasteiger partial charge in [-0.05, 0) is 31.7 Å². The Morgan fingerprint density at radius 1 is 1.06 bits per heavy atom. The van der Waals surface area contributed by atoms with Gasteiger partial charge in [0, 0.05) is 38.4 Å². The zero-order valence-corrected chi connectivity index (χ0v) is 10.8. The van der Waals surface area contributed by atoms with Gasteiger partial charge >= 0.3 is 0 Å². The van der Waals surface area contributed by atoms with Gasteiger partial charge in [-0.15, -0.1) is 0 Å². The van der Waals surface area contributed by atoms with Gasteiger partial charge in [-0.2, -0.15) is 4.98 Å². The van der Waals surface area contributed by atoms with Crippen LogP contribution in [0.1, 0.15) is 25.7 Å². The number of piperidine rings is 1. The molecule has 2 N–H and O–H groups in total. The topological polar surface area (TPSA) is 58.3 Å². The fourth-order valence-corrected chi connectivity index (χ4v) is 2.71. The Bertz CT molecular complexity index is 394. The Morgan fingerprint density at radius 3 is 2.50 bits per heavy atom. The highest BCUT2D eigenvalue weighted by Crippen LogP contribution is 2.21. The van der Waals surface area contributed by atoms with Crippen molar-refractivity contribution in [3.05, 3.63) is 12.3 Å². The van der Waals surface area contributed by atoms with E-state index in [2.05, 4.69) is 14.8 Å². The smallest absolute Gasteiger partial charge is 0.227 e. The van der Waals surface area contributed by atoms with Gasteiger partial charge in [-0.25, -0.2) is 4.98 Å². The van der Waals surface area contributed by atoms with Gasteiger partial charge < -0.3 is 15.5 Å². The monoisotopic (exact) mass is 247 g/mol. The molecule has 0 radical (unpaired) electrons. The lowest BCUT2D eigenvalue weighted by Crippen LogP contribution is -2.40. The average molecular weight is 247 g/mol. The summed E-state index contributed by atoms with van der Waals surface area (Å²) in [4.78, 5) is 13.7. The number of nitrogens with zero attached hydrogens (tertiary/aromatic N) is 4. The van der Waals surface area contributed by atoms with Crippen molar-refractivity contribution in [3.8, 4) is 0 Å². The van der Waals surface area contributed by atoms with E-state index in [1.165, 1.54) is 12.8 Å². The Hall–Kier alpha value is -1.36. The molecular weight excluding hydrogens is 226 g/mol. The molecule has 0 unspecified atom stereocenters. The molecule has 2 aliphatic rings. The SMILES string of the molecule is NC1CCN(c2nccc(N3CCCC3)n2)CC1. The molecule has 1 aromatic rings. The van der Waals surface area contributed by atoms with Gasteiger partial charge in [-0.1, -0.05) is 0 Å². The summed E-state index contributed by atoms with van der Waals surface area (Å²) in [6.45, 7) is 4.21. The maximum absolute atomic E-state index is 5.93. The van der Waals surface area contributed by atoms with Crippen LogP contribution in [-0.4, -0.2) is 42.2 Å². The summed E-state index contributed by atoms with van der Waals surface area (Å²) in [5.41, 5.74) is 5.93. The molecule has 98 valence electrons. The highest BCUT2D eigenvalue weighted by atomic mass is 15.3. The second kappa shape index (κ2) is 5.10. The maximum atomic E-state index is 5.93. The predicted octanol–water partition coefficient (Wildman–Crippen LogP) is 1.00. The molecule has 2 fully saturated rings. The molecule has 0 atom stereocenters. The number of anilines is 2. The molecule has 2 saturated heterocycles. The van der Waals surface area contributed by atoms with Crippen molar-refractivity contribution in [2.75, 3.05) is 36.0 Å². The molecule has 0 aliphatic carbocycles. The van der Waals surface area contributed by atoms with Crippen molar-refractivity contribution < 1.29 is 0 Å². The largest absolute Gasteiger partial charge is 0.356 e. The molecule has 5 nitrogen and oxygen atoms in total. The summed E-state index contributed by atoms with van der Waals surface area (Å²) < 4.78 is 0. The molecule has 3 rings (SSSR count). The van der Waals surface area contributed by atoms with Crippen LogP contribution >= 0.6 is 0 Å². The van der Waals surface area contributed by atoms with Gasteiger partial charge in [-0.3, -0.25) is 0 Å². The lowest BCUT2D eigenvalue weighted by molar-refractivity contribution is 0.495. The molecule has 18 heavy (non-hydrogen) atoms. The van der Waals surface area contributed by atoms with Gasteiger partial charge in [0.15, 0.2) is 0 Å². The third-order valence-corrected chi connectivity index (χ3v) is 3.88. The van der Waals surface area contributed by atoms with E-state index in [0.717, 1.165) is 50.8 Å². The molecule has 0 amide bonds. The minimum Gasteiger partial charge on any atom is -0.356 e. The summed E-state index contributed by atoms with van der Waals surface area (Å²) >= 11 is 0. The first kappa shape index (κ1) is 11.7. The van der Waals surface area contributed by atoms with E-state index >= 15 is 0 Å². The number of nitrogens with two attached hydrogens (primary N) is 1. The molecule has 0 saturated carbocycles. The van der Waals surface area contributed by atoms with Crippen LogP contribution in [-0.2, 0) is 0 Å². The highest BCUT2D eigenvalue weighted by Gasteiger charge is 2.20. The van der Waals surface area contributed by atoms with E-state index < -0.39 is 0 Å². The molecule has 3 heterocycles. The highest BCUT2D eigenvalue weighted by molar-refractivity contribution is 5.44. The maximum Gasteiger partial charge on any atom is 0.227 e. The Kier molecular flexibility index (Phi) is 3.32. The summed E-state index contributed by atoms with van der Waals surface area (Å²) in [5.74, 6) is 1.94. The molecule has 5 heteroatoms. The predicted molar refractivity (Wildman–Crippen MR) is 72.9 cm³/mol. The minimum absolute atomic E-state index is 0.350. The molecule has 1 aromatic heterocycles. The van der Waals surface area contributed by atoms with E-state index in [9.17, 15) is 0 Å². The molecule has 0 bridgehead atoms. The van der Waals surface area contributed by atoms with Crippen molar-refractivity contribution in [2.24, 2.45) is 5.73 Å². The van der Waals surface area contributed by atoms with E-state index in [4.69, 9.17) is 10.7 Å². The van der Waals surface area contributed by atoms with Gasteiger partial charge in [0.2, 0.25) is 5.95 Å². The van der Waals surface area contributed by atoms with E-state index in [1.54, 1.807) is 0 Å². The lowest BCUT2D eigenvalue weighted by Gasteiger charge is -2.30. The number of rotatable bonds is 2. The number of hydrogen-bond acceptors (Lipinski definition) is 5. The summed E-state index contributed by atoms with van der Waals surface area (Å²) in [6.07, 6.45) is 6.51. The fraction of sp³-hybridized carbons (Fsp3) is 0.692. The normalized spacial score (nSPS) is 21.6. The van der Waals surface area contributed by atoms with Crippen LogP contribution in [0.15, 0.2) is 12.3 Å². The molecule has 0 aromatic carbocycles. The van der Waals surface area contributed by atoms with E-state index in [-0.39, 0.29) is 0 Å². The fourth-order valence-electron chi connectivity index (χ4n) is 2.71. The van der Waals surface area contributed by atoms with Crippen molar-refractivity contribution >= 4 is 11.8 Å². The van der Waals surface area contributed by atoms with Crippen molar-refractivity contribution in [1.82, 2.24) is 9.97 Å². The van der Waals surface area contributed by atoms with Gasteiger partial charge in [0.25, 0.3) is 0 Å². The summed E-state index contributed by atoms with van der Waals surface area (Å²) in [6, 6.07) is 2.37. The second-order valence-electron chi connectivity index (χ2n) is 5.23. The summed E-state index contributed by atoms with van der Waals surface area (Å²) in [5, 5.41) is 0. The molecule has 0 spiro atoms. The van der Waals surface area contributed by atoms with Crippen LogP contribution in [0.25, 0.3) is 0 Å². The van der Waals surface area contributed by atoms with E-state index in [1.807, 2.05) is 12.3 Å². The van der Waals surface area contributed by atoms with Crippen LogP contribution in [0.3, 0.4) is 0 Å².